The van der Waals surface area contributed by atoms with Crippen LogP contribution >= 0.6 is 0 Å². The lowest BCUT2D eigenvalue weighted by Crippen LogP contribution is -2.41. The fraction of sp³-hybridized carbons (Fsp3) is 0.393. The molecule has 0 saturated carbocycles. The van der Waals surface area contributed by atoms with Crippen molar-refractivity contribution in [1.29, 1.82) is 0 Å². The molecule has 1 fully saturated rings. The van der Waals surface area contributed by atoms with Gasteiger partial charge in [0.05, 0.1) is 17.6 Å². The number of anilines is 2. The predicted molar refractivity (Wildman–Crippen MR) is 136 cm³/mol. The van der Waals surface area contributed by atoms with E-state index in [1.807, 2.05) is 12.4 Å². The van der Waals surface area contributed by atoms with Crippen LogP contribution in [-0.2, 0) is 19.3 Å². The quantitative estimate of drug-likeness (QED) is 0.451. The number of aryl methyl sites for hydroxylation is 1. The first-order chi connectivity index (χ1) is 16.6. The molecule has 4 aromatic rings. The van der Waals surface area contributed by atoms with E-state index in [9.17, 15) is 0 Å². The molecule has 0 radical (unpaired) electrons. The van der Waals surface area contributed by atoms with Crippen LogP contribution in [0.25, 0.3) is 16.8 Å². The Hall–Kier alpha value is -3.41. The molecular formula is C28H30N6. The average Bonchev–Trinajstić information content (AvgIpc) is 3.56. The lowest BCUT2D eigenvalue weighted by Gasteiger charge is -2.40. The molecule has 1 spiro atoms. The maximum Gasteiger partial charge on any atom is 0.155 e. The highest BCUT2D eigenvalue weighted by molar-refractivity contribution is 5.77. The van der Waals surface area contributed by atoms with Gasteiger partial charge in [-0.05, 0) is 79.8 Å². The lowest BCUT2D eigenvalue weighted by molar-refractivity contribution is 0.231. The number of hydrogen-bond donors (Lipinski definition) is 0. The first-order valence-electron chi connectivity index (χ1n) is 12.5. The number of nitrogens with zero attached hydrogens (tertiary/aromatic N) is 6. The Morgan fingerprint density at radius 3 is 2.68 bits per heavy atom. The normalized spacial score (nSPS) is 18.6. The van der Waals surface area contributed by atoms with E-state index in [1.165, 1.54) is 47.3 Å². The van der Waals surface area contributed by atoms with Gasteiger partial charge < -0.3 is 9.80 Å². The van der Waals surface area contributed by atoms with E-state index < -0.39 is 0 Å². The smallest absolute Gasteiger partial charge is 0.155 e. The molecule has 5 heterocycles. The molecule has 6 nitrogen and oxygen atoms in total. The highest BCUT2D eigenvalue weighted by Gasteiger charge is 2.41. The van der Waals surface area contributed by atoms with Crippen molar-refractivity contribution >= 4 is 17.0 Å². The molecule has 0 amide bonds. The van der Waals surface area contributed by atoms with E-state index in [2.05, 4.69) is 69.7 Å². The minimum Gasteiger partial charge on any atom is -0.374 e. The second-order valence-electron chi connectivity index (χ2n) is 10.5. The summed E-state index contributed by atoms with van der Waals surface area (Å²) < 4.78 is 2.11. The molecule has 3 aromatic heterocycles. The lowest BCUT2D eigenvalue weighted by atomic mass is 9.76. The monoisotopic (exact) mass is 450 g/mol. The third-order valence-corrected chi connectivity index (χ3v) is 8.40. The van der Waals surface area contributed by atoms with Crippen LogP contribution in [0.3, 0.4) is 0 Å². The van der Waals surface area contributed by atoms with Crippen molar-refractivity contribution in [3.8, 4) is 11.3 Å². The van der Waals surface area contributed by atoms with E-state index in [-0.39, 0.29) is 0 Å². The standard InChI is InChI=1S/C28H30N6/c1-19-26(21-5-6-24-20(16-21)8-13-32(24)2)34-25(7-12-30-34)27(31-19)33-14-9-28(10-15-33)17-22-4-3-11-29-23(22)18-28/h3-7,11-12,16H,8-10,13-15,17-18H2,1-2H3. The topological polar surface area (TPSA) is 49.6 Å². The Balaban J connectivity index is 1.20. The molecule has 0 atom stereocenters. The van der Waals surface area contributed by atoms with Crippen LogP contribution in [0, 0.1) is 12.3 Å². The van der Waals surface area contributed by atoms with Crippen molar-refractivity contribution in [2.75, 3.05) is 36.5 Å². The zero-order valence-corrected chi connectivity index (χ0v) is 20.0. The number of rotatable bonds is 2. The molecule has 1 aliphatic carbocycles. The van der Waals surface area contributed by atoms with Crippen LogP contribution in [-0.4, -0.2) is 46.3 Å². The molecule has 34 heavy (non-hydrogen) atoms. The Kier molecular flexibility index (Phi) is 4.29. The van der Waals surface area contributed by atoms with Crippen molar-refractivity contribution in [3.63, 3.8) is 0 Å². The summed E-state index contributed by atoms with van der Waals surface area (Å²) in [5, 5.41) is 4.75. The summed E-state index contributed by atoms with van der Waals surface area (Å²) in [6, 6.07) is 13.3. The van der Waals surface area contributed by atoms with E-state index >= 15 is 0 Å². The molecule has 0 N–H and O–H groups in total. The van der Waals surface area contributed by atoms with E-state index in [4.69, 9.17) is 10.1 Å². The third kappa shape index (κ3) is 2.97. The van der Waals surface area contributed by atoms with Gasteiger partial charge in [-0.2, -0.15) is 5.10 Å². The van der Waals surface area contributed by atoms with Gasteiger partial charge in [0.25, 0.3) is 0 Å². The fourth-order valence-electron chi connectivity index (χ4n) is 6.51. The van der Waals surface area contributed by atoms with Crippen LogP contribution in [0.4, 0.5) is 11.5 Å². The van der Waals surface area contributed by atoms with Crippen LogP contribution in [0.5, 0.6) is 0 Å². The first-order valence-corrected chi connectivity index (χ1v) is 12.5. The Bertz CT molecular complexity index is 1380. The van der Waals surface area contributed by atoms with Gasteiger partial charge in [0.15, 0.2) is 5.82 Å². The van der Waals surface area contributed by atoms with Gasteiger partial charge >= 0.3 is 0 Å². The summed E-state index contributed by atoms with van der Waals surface area (Å²) in [5.41, 5.74) is 10.3. The number of pyridine rings is 1. The number of hydrogen-bond acceptors (Lipinski definition) is 5. The summed E-state index contributed by atoms with van der Waals surface area (Å²) >= 11 is 0. The van der Waals surface area contributed by atoms with Gasteiger partial charge in [-0.15, -0.1) is 0 Å². The number of likely N-dealkylation sites (N-methyl/N-ethyl adjacent to an activating group) is 1. The molecule has 1 saturated heterocycles. The minimum absolute atomic E-state index is 0.371. The van der Waals surface area contributed by atoms with Crippen molar-refractivity contribution < 1.29 is 0 Å². The van der Waals surface area contributed by atoms with E-state index in [0.717, 1.165) is 55.2 Å². The number of piperidine rings is 1. The Morgan fingerprint density at radius 1 is 0.941 bits per heavy atom. The molecule has 1 aromatic carbocycles. The zero-order chi connectivity index (χ0) is 22.9. The van der Waals surface area contributed by atoms with Gasteiger partial charge in [-0.25, -0.2) is 9.50 Å². The number of fused-ring (bicyclic) bond motifs is 3. The van der Waals surface area contributed by atoms with Crippen LogP contribution in [0.1, 0.15) is 35.4 Å². The second kappa shape index (κ2) is 7.29. The summed E-state index contributed by atoms with van der Waals surface area (Å²) in [4.78, 5) is 14.6. The maximum absolute atomic E-state index is 5.18. The Morgan fingerprint density at radius 2 is 1.82 bits per heavy atom. The van der Waals surface area contributed by atoms with Gasteiger partial charge in [0, 0.05) is 49.8 Å². The first kappa shape index (κ1) is 20.0. The largest absolute Gasteiger partial charge is 0.374 e. The van der Waals surface area contributed by atoms with Gasteiger partial charge in [-0.3, -0.25) is 4.98 Å². The molecular weight excluding hydrogens is 420 g/mol. The molecule has 2 aliphatic heterocycles. The summed E-state index contributed by atoms with van der Waals surface area (Å²) in [7, 11) is 2.17. The van der Waals surface area contributed by atoms with Crippen molar-refractivity contribution in [1.82, 2.24) is 19.6 Å². The highest BCUT2D eigenvalue weighted by atomic mass is 15.3. The van der Waals surface area contributed by atoms with Crippen molar-refractivity contribution in [2.45, 2.75) is 39.0 Å². The second-order valence-corrected chi connectivity index (χ2v) is 10.5. The summed E-state index contributed by atoms with van der Waals surface area (Å²) in [6.45, 7) is 5.28. The molecule has 7 rings (SSSR count). The van der Waals surface area contributed by atoms with Crippen LogP contribution in [0.15, 0.2) is 48.8 Å². The van der Waals surface area contributed by atoms with Gasteiger partial charge in [0.2, 0.25) is 0 Å². The highest BCUT2D eigenvalue weighted by Crippen LogP contribution is 2.45. The minimum atomic E-state index is 0.371. The maximum atomic E-state index is 5.18. The zero-order valence-electron chi connectivity index (χ0n) is 20.0. The predicted octanol–water partition coefficient (Wildman–Crippen LogP) is 4.48. The number of benzene rings is 1. The van der Waals surface area contributed by atoms with E-state index in [1.54, 1.807) is 0 Å². The average molecular weight is 451 g/mol. The van der Waals surface area contributed by atoms with Crippen molar-refractivity contribution in [3.05, 3.63) is 71.3 Å². The molecule has 172 valence electrons. The van der Waals surface area contributed by atoms with Crippen LogP contribution < -0.4 is 9.80 Å². The summed E-state index contributed by atoms with van der Waals surface area (Å²) in [5.74, 6) is 1.07. The van der Waals surface area contributed by atoms with Gasteiger partial charge in [0.1, 0.15) is 5.52 Å². The number of aromatic nitrogens is 4. The van der Waals surface area contributed by atoms with Gasteiger partial charge in [-0.1, -0.05) is 12.1 Å². The molecule has 0 bridgehead atoms. The van der Waals surface area contributed by atoms with E-state index in [0.29, 0.717) is 5.41 Å². The molecule has 6 heteroatoms. The summed E-state index contributed by atoms with van der Waals surface area (Å²) in [6.07, 6.45) is 9.62. The molecule has 3 aliphatic rings. The molecule has 0 unspecified atom stereocenters. The third-order valence-electron chi connectivity index (χ3n) is 8.40. The fourth-order valence-corrected chi connectivity index (χ4v) is 6.51. The van der Waals surface area contributed by atoms with Crippen LogP contribution in [0.2, 0.25) is 0 Å². The SMILES string of the molecule is Cc1nc(N2CCC3(CC2)Cc2cccnc2C3)c2ccnn2c1-c1ccc2c(c1)CCN2C. The Labute approximate surface area is 200 Å². The van der Waals surface area contributed by atoms with Crippen molar-refractivity contribution in [2.24, 2.45) is 5.41 Å².